The second kappa shape index (κ2) is 14.9. The first-order chi connectivity index (χ1) is 15.5. The van der Waals surface area contributed by atoms with Crippen molar-refractivity contribution in [1.82, 2.24) is 0 Å². The molecular formula is C26H40N2O3S. The van der Waals surface area contributed by atoms with E-state index in [0.29, 0.717) is 18.7 Å². The van der Waals surface area contributed by atoms with Gasteiger partial charge in [0.25, 0.3) is 11.3 Å². The minimum absolute atomic E-state index is 0.117. The molecule has 0 amide bonds. The number of aryl methyl sites for hydroxylation is 1. The Labute approximate surface area is 196 Å². The van der Waals surface area contributed by atoms with Crippen LogP contribution in [0.5, 0.6) is 5.75 Å². The summed E-state index contributed by atoms with van der Waals surface area (Å²) in [4.78, 5) is 0. The average Bonchev–Trinajstić information content (AvgIpc) is 2.77. The molecule has 1 atom stereocenters. The van der Waals surface area contributed by atoms with Crippen LogP contribution >= 0.6 is 0 Å². The number of unbranched alkanes of at least 4 members (excludes halogenated alkanes) is 9. The second-order valence-corrected chi connectivity index (χ2v) is 9.47. The third kappa shape index (κ3) is 9.61. The van der Waals surface area contributed by atoms with Crippen molar-refractivity contribution in [3.8, 4) is 5.75 Å². The minimum Gasteiger partial charge on any atom is -0.508 e. The van der Waals surface area contributed by atoms with E-state index in [1.165, 1.54) is 80.1 Å². The van der Waals surface area contributed by atoms with E-state index in [1.54, 1.807) is 12.1 Å². The standard InChI is InChI=1S/C26H40N2O3S/c1-2-3-4-5-6-7-8-9-10-11-12-22-13-16-24(17-14-22)28(32(30)31)20-19-23-15-18-25(29)21-26(23)27/h13-18,21,29H,2-12,19-20,27H2,1H3,(H,30,31). The third-order valence-electron chi connectivity index (χ3n) is 5.95. The molecule has 2 aromatic rings. The van der Waals surface area contributed by atoms with Crippen LogP contribution in [-0.4, -0.2) is 20.4 Å². The van der Waals surface area contributed by atoms with Crippen molar-refractivity contribution in [2.75, 3.05) is 16.6 Å². The maximum Gasteiger partial charge on any atom is 0.261 e. The number of hydrogen-bond acceptors (Lipinski definition) is 3. The minimum atomic E-state index is -2.12. The van der Waals surface area contributed by atoms with E-state index < -0.39 is 11.3 Å². The summed E-state index contributed by atoms with van der Waals surface area (Å²) in [5.41, 5.74) is 9.25. The van der Waals surface area contributed by atoms with Crippen molar-refractivity contribution < 1.29 is 13.9 Å². The first-order valence-electron chi connectivity index (χ1n) is 12.1. The van der Waals surface area contributed by atoms with Crippen LogP contribution in [0.25, 0.3) is 0 Å². The quantitative estimate of drug-likeness (QED) is 0.149. The summed E-state index contributed by atoms with van der Waals surface area (Å²) in [6.07, 6.45) is 14.9. The molecule has 6 heteroatoms. The highest BCUT2D eigenvalue weighted by Crippen LogP contribution is 2.22. The second-order valence-electron chi connectivity index (χ2n) is 8.56. The van der Waals surface area contributed by atoms with Gasteiger partial charge in [-0.2, -0.15) is 0 Å². The fourth-order valence-electron chi connectivity index (χ4n) is 3.97. The molecule has 2 rings (SSSR count). The average molecular weight is 461 g/mol. The molecule has 5 nitrogen and oxygen atoms in total. The van der Waals surface area contributed by atoms with Crippen LogP contribution in [0.1, 0.15) is 82.3 Å². The van der Waals surface area contributed by atoms with Gasteiger partial charge in [0.2, 0.25) is 0 Å². The molecule has 0 saturated carbocycles. The summed E-state index contributed by atoms with van der Waals surface area (Å²) >= 11 is -2.12. The zero-order chi connectivity index (χ0) is 23.2. The fourth-order valence-corrected chi connectivity index (χ4v) is 4.52. The lowest BCUT2D eigenvalue weighted by atomic mass is 10.0. The van der Waals surface area contributed by atoms with Crippen LogP contribution < -0.4 is 10.0 Å². The Bertz CT molecular complexity index is 811. The fraction of sp³-hybridized carbons (Fsp3) is 0.538. The van der Waals surface area contributed by atoms with E-state index >= 15 is 0 Å². The summed E-state index contributed by atoms with van der Waals surface area (Å²) < 4.78 is 23.1. The van der Waals surface area contributed by atoms with Gasteiger partial charge in [0, 0.05) is 18.3 Å². The first kappa shape index (κ1) is 26.2. The summed E-state index contributed by atoms with van der Waals surface area (Å²) in [5.74, 6) is 0.117. The zero-order valence-corrected chi connectivity index (χ0v) is 20.3. The van der Waals surface area contributed by atoms with Crippen LogP contribution in [-0.2, 0) is 24.1 Å². The summed E-state index contributed by atoms with van der Waals surface area (Å²) in [6, 6.07) is 12.8. The van der Waals surface area contributed by atoms with Gasteiger partial charge in [-0.3, -0.25) is 8.86 Å². The molecule has 0 bridgehead atoms. The Hall–Kier alpha value is -2.05. The highest BCUT2D eigenvalue weighted by Gasteiger charge is 2.13. The number of aromatic hydroxyl groups is 1. The molecule has 0 radical (unpaired) electrons. The molecule has 0 aliphatic carbocycles. The molecule has 0 fully saturated rings. The van der Waals surface area contributed by atoms with E-state index in [9.17, 15) is 13.9 Å². The number of nitrogens with zero attached hydrogens (tertiary/aromatic N) is 1. The van der Waals surface area contributed by atoms with Gasteiger partial charge in [-0.25, -0.2) is 4.21 Å². The van der Waals surface area contributed by atoms with Crippen molar-refractivity contribution >= 4 is 22.6 Å². The van der Waals surface area contributed by atoms with Crippen LogP contribution in [0.3, 0.4) is 0 Å². The maximum absolute atomic E-state index is 11.9. The molecule has 4 N–H and O–H groups in total. The van der Waals surface area contributed by atoms with Gasteiger partial charge in [0.1, 0.15) is 5.75 Å². The van der Waals surface area contributed by atoms with Gasteiger partial charge in [-0.05, 0) is 48.6 Å². The monoisotopic (exact) mass is 460 g/mol. The van der Waals surface area contributed by atoms with Crippen LogP contribution in [0.2, 0.25) is 0 Å². The lowest BCUT2D eigenvalue weighted by Crippen LogP contribution is -2.27. The number of hydrogen-bond donors (Lipinski definition) is 3. The van der Waals surface area contributed by atoms with Crippen molar-refractivity contribution in [3.05, 3.63) is 53.6 Å². The van der Waals surface area contributed by atoms with Gasteiger partial charge < -0.3 is 10.8 Å². The molecule has 0 aliphatic heterocycles. The molecule has 1 unspecified atom stereocenters. The van der Waals surface area contributed by atoms with E-state index in [-0.39, 0.29) is 5.75 Å². The van der Waals surface area contributed by atoms with Crippen LogP contribution in [0.15, 0.2) is 42.5 Å². The summed E-state index contributed by atoms with van der Waals surface area (Å²) in [6.45, 7) is 2.61. The Balaban J connectivity index is 1.72. The molecule has 0 aliphatic rings. The van der Waals surface area contributed by atoms with Crippen molar-refractivity contribution in [3.63, 3.8) is 0 Å². The molecule has 0 spiro atoms. The molecule has 0 heterocycles. The van der Waals surface area contributed by atoms with E-state index in [2.05, 4.69) is 19.1 Å². The summed E-state index contributed by atoms with van der Waals surface area (Å²) in [7, 11) is 0. The van der Waals surface area contributed by atoms with E-state index in [4.69, 9.17) is 5.73 Å². The molecule has 0 aromatic heterocycles. The number of phenols is 1. The highest BCUT2D eigenvalue weighted by molar-refractivity contribution is 7.80. The lowest BCUT2D eigenvalue weighted by Gasteiger charge is -2.20. The van der Waals surface area contributed by atoms with Crippen molar-refractivity contribution in [1.29, 1.82) is 0 Å². The molecule has 0 saturated heterocycles. The van der Waals surface area contributed by atoms with Gasteiger partial charge >= 0.3 is 0 Å². The van der Waals surface area contributed by atoms with Crippen molar-refractivity contribution in [2.24, 2.45) is 0 Å². The third-order valence-corrected chi connectivity index (χ3v) is 6.72. The Morgan fingerprint density at radius 1 is 0.844 bits per heavy atom. The number of benzene rings is 2. The van der Waals surface area contributed by atoms with E-state index in [1.807, 2.05) is 12.1 Å². The van der Waals surface area contributed by atoms with Crippen LogP contribution in [0.4, 0.5) is 11.4 Å². The Morgan fingerprint density at radius 2 is 1.44 bits per heavy atom. The molecule has 32 heavy (non-hydrogen) atoms. The smallest absolute Gasteiger partial charge is 0.261 e. The van der Waals surface area contributed by atoms with Gasteiger partial charge in [-0.1, -0.05) is 82.9 Å². The van der Waals surface area contributed by atoms with Crippen LogP contribution in [0, 0.1) is 0 Å². The normalized spacial score (nSPS) is 12.1. The molecule has 178 valence electrons. The highest BCUT2D eigenvalue weighted by atomic mass is 32.2. The topological polar surface area (TPSA) is 86.8 Å². The number of rotatable bonds is 16. The number of nitrogen functional groups attached to an aromatic ring is 1. The van der Waals surface area contributed by atoms with Crippen molar-refractivity contribution in [2.45, 2.75) is 84.0 Å². The first-order valence-corrected chi connectivity index (χ1v) is 13.1. The van der Waals surface area contributed by atoms with Gasteiger partial charge in [-0.15, -0.1) is 0 Å². The maximum atomic E-state index is 11.9. The summed E-state index contributed by atoms with van der Waals surface area (Å²) in [5, 5.41) is 9.48. The van der Waals surface area contributed by atoms with Gasteiger partial charge in [0.15, 0.2) is 0 Å². The largest absolute Gasteiger partial charge is 0.508 e. The predicted octanol–water partition coefficient (Wildman–Crippen LogP) is 6.62. The molecule has 2 aromatic carbocycles. The SMILES string of the molecule is CCCCCCCCCCCCc1ccc(N(CCc2ccc(O)cc2N)S(=O)O)cc1. The zero-order valence-electron chi connectivity index (χ0n) is 19.5. The number of nitrogens with two attached hydrogens (primary N) is 1. The predicted molar refractivity (Wildman–Crippen MR) is 136 cm³/mol. The molecular weight excluding hydrogens is 420 g/mol. The number of anilines is 2. The Morgan fingerprint density at radius 3 is 2.00 bits per heavy atom. The van der Waals surface area contributed by atoms with Gasteiger partial charge in [0.05, 0.1) is 5.69 Å². The lowest BCUT2D eigenvalue weighted by molar-refractivity contribution is 0.475. The number of phenolic OH excluding ortho intramolecular Hbond substituents is 1. The Kier molecular flexibility index (Phi) is 12.2. The van der Waals surface area contributed by atoms with E-state index in [0.717, 1.165) is 17.7 Å².